The molecule has 3 aromatic carbocycles. The lowest BCUT2D eigenvalue weighted by Gasteiger charge is -2.23. The molecule has 0 aliphatic heterocycles. The van der Waals surface area contributed by atoms with Crippen LogP contribution in [-0.4, -0.2) is 0 Å². The summed E-state index contributed by atoms with van der Waals surface area (Å²) < 4.78 is 0. The van der Waals surface area contributed by atoms with Crippen LogP contribution in [-0.2, 0) is 0 Å². The first-order valence-corrected chi connectivity index (χ1v) is 9.29. The highest BCUT2D eigenvalue weighted by molar-refractivity contribution is 5.77. The molecule has 3 aromatic rings. The predicted octanol–water partition coefficient (Wildman–Crippen LogP) is 6.70. The molecule has 4 rings (SSSR count). The molecule has 1 aliphatic carbocycles. The lowest BCUT2D eigenvalue weighted by atomic mass is 9.80. The van der Waals surface area contributed by atoms with Crippen molar-refractivity contribution in [1.82, 2.24) is 0 Å². The molecule has 0 N–H and O–H groups in total. The molecule has 0 nitrogen and oxygen atoms in total. The largest absolute Gasteiger partial charge is 0.0760 e. The molecule has 0 aromatic heterocycles. The lowest BCUT2D eigenvalue weighted by Crippen LogP contribution is -2.10. The minimum absolute atomic E-state index is 0.340. The molecule has 0 bridgehead atoms. The molecular formula is C26H24. The van der Waals surface area contributed by atoms with Gasteiger partial charge in [0.25, 0.3) is 0 Å². The van der Waals surface area contributed by atoms with Crippen molar-refractivity contribution >= 4 is 5.57 Å². The highest BCUT2D eigenvalue weighted by Gasteiger charge is 2.25. The monoisotopic (exact) mass is 336 g/mol. The van der Waals surface area contributed by atoms with Gasteiger partial charge in [0.15, 0.2) is 0 Å². The van der Waals surface area contributed by atoms with E-state index >= 15 is 0 Å². The fraction of sp³-hybridized carbons (Fsp3) is 0.154. The average Bonchev–Trinajstić information content (AvgIpc) is 3.12. The Morgan fingerprint density at radius 2 is 1.31 bits per heavy atom. The van der Waals surface area contributed by atoms with E-state index in [9.17, 15) is 0 Å². The van der Waals surface area contributed by atoms with E-state index in [0.717, 1.165) is 0 Å². The fourth-order valence-electron chi connectivity index (χ4n) is 3.93. The minimum Gasteiger partial charge on any atom is -0.0760 e. The van der Waals surface area contributed by atoms with Crippen molar-refractivity contribution in [2.45, 2.75) is 19.8 Å². The Morgan fingerprint density at radius 1 is 0.692 bits per heavy atom. The number of allylic oxidation sites excluding steroid dienone is 4. The zero-order chi connectivity index (χ0) is 17.9. The summed E-state index contributed by atoms with van der Waals surface area (Å²) in [5, 5.41) is 0. The maximum Gasteiger partial charge on any atom is 0.0187 e. The van der Waals surface area contributed by atoms with E-state index in [1.165, 1.54) is 33.4 Å². The molecule has 26 heavy (non-hydrogen) atoms. The predicted molar refractivity (Wildman–Crippen MR) is 111 cm³/mol. The Hall–Kier alpha value is -2.86. The third kappa shape index (κ3) is 3.41. The van der Waals surface area contributed by atoms with Gasteiger partial charge in [0.05, 0.1) is 0 Å². The highest BCUT2D eigenvalue weighted by Crippen LogP contribution is 2.39. The van der Waals surface area contributed by atoms with Crippen LogP contribution in [0, 0.1) is 19.8 Å². The minimum atomic E-state index is 0.340. The molecule has 0 heteroatoms. The van der Waals surface area contributed by atoms with Gasteiger partial charge in [-0.25, -0.2) is 0 Å². The summed E-state index contributed by atoms with van der Waals surface area (Å²) >= 11 is 0. The van der Waals surface area contributed by atoms with Crippen LogP contribution < -0.4 is 0 Å². The van der Waals surface area contributed by atoms with Gasteiger partial charge >= 0.3 is 0 Å². The SMILES string of the molecule is Cc1cccc(C(c2cccc(C)c2)C2C=CC(c3ccccc3)=C2)c1. The summed E-state index contributed by atoms with van der Waals surface area (Å²) in [4.78, 5) is 0. The van der Waals surface area contributed by atoms with Crippen LogP contribution in [0.1, 0.15) is 33.7 Å². The number of benzene rings is 3. The van der Waals surface area contributed by atoms with E-state index in [2.05, 4.69) is 111 Å². The molecule has 0 spiro atoms. The van der Waals surface area contributed by atoms with Crippen molar-refractivity contribution in [3.63, 3.8) is 0 Å². The van der Waals surface area contributed by atoms with Gasteiger partial charge < -0.3 is 0 Å². The van der Waals surface area contributed by atoms with Gasteiger partial charge in [-0.05, 0) is 36.1 Å². The van der Waals surface area contributed by atoms with Gasteiger partial charge in [-0.1, -0.05) is 108 Å². The van der Waals surface area contributed by atoms with E-state index in [-0.39, 0.29) is 0 Å². The third-order valence-corrected chi connectivity index (χ3v) is 5.16. The molecule has 0 heterocycles. The summed E-state index contributed by atoms with van der Waals surface area (Å²) in [5.41, 5.74) is 8.01. The van der Waals surface area contributed by atoms with E-state index in [1.54, 1.807) is 0 Å². The Bertz CT molecular complexity index is 915. The average molecular weight is 336 g/mol. The number of rotatable bonds is 4. The first kappa shape index (κ1) is 16.6. The van der Waals surface area contributed by atoms with Gasteiger partial charge in [-0.15, -0.1) is 0 Å². The Labute approximate surface area is 156 Å². The Balaban J connectivity index is 1.77. The molecule has 128 valence electrons. The van der Waals surface area contributed by atoms with Crippen LogP contribution in [0.25, 0.3) is 5.57 Å². The van der Waals surface area contributed by atoms with Crippen LogP contribution in [0.15, 0.2) is 97.1 Å². The molecule has 1 aliphatic rings. The Kier molecular flexibility index (Phi) is 4.58. The smallest absolute Gasteiger partial charge is 0.0187 e. The number of hydrogen-bond acceptors (Lipinski definition) is 0. The fourth-order valence-corrected chi connectivity index (χ4v) is 3.93. The van der Waals surface area contributed by atoms with Gasteiger partial charge in [0, 0.05) is 11.8 Å². The van der Waals surface area contributed by atoms with Crippen molar-refractivity contribution in [3.8, 4) is 0 Å². The quantitative estimate of drug-likeness (QED) is 0.497. The highest BCUT2D eigenvalue weighted by atomic mass is 14.3. The molecule has 1 unspecified atom stereocenters. The second kappa shape index (κ2) is 7.17. The zero-order valence-electron chi connectivity index (χ0n) is 15.4. The topological polar surface area (TPSA) is 0 Å². The second-order valence-electron chi connectivity index (χ2n) is 7.23. The number of aryl methyl sites for hydroxylation is 2. The standard InChI is InChI=1S/C26H24/c1-19-8-6-12-23(16-19)26(24-13-7-9-20(2)17-24)25-15-14-22(18-25)21-10-4-3-5-11-21/h3-18,25-26H,1-2H3. The van der Waals surface area contributed by atoms with Crippen molar-refractivity contribution in [1.29, 1.82) is 0 Å². The molecule has 0 saturated heterocycles. The van der Waals surface area contributed by atoms with E-state index in [4.69, 9.17) is 0 Å². The van der Waals surface area contributed by atoms with Crippen LogP contribution in [0.2, 0.25) is 0 Å². The van der Waals surface area contributed by atoms with Crippen LogP contribution in [0.4, 0.5) is 0 Å². The molecule has 1 atom stereocenters. The summed E-state index contributed by atoms with van der Waals surface area (Å²) in [6.07, 6.45) is 7.06. The van der Waals surface area contributed by atoms with Crippen LogP contribution in [0.5, 0.6) is 0 Å². The van der Waals surface area contributed by atoms with Crippen molar-refractivity contribution in [2.24, 2.45) is 5.92 Å². The normalized spacial score (nSPS) is 16.1. The first-order chi connectivity index (χ1) is 12.7. The molecular weight excluding hydrogens is 312 g/mol. The van der Waals surface area contributed by atoms with Crippen molar-refractivity contribution < 1.29 is 0 Å². The zero-order valence-corrected chi connectivity index (χ0v) is 15.4. The maximum atomic E-state index is 2.42. The van der Waals surface area contributed by atoms with E-state index in [1.807, 2.05) is 0 Å². The molecule has 0 saturated carbocycles. The van der Waals surface area contributed by atoms with Crippen molar-refractivity contribution in [2.75, 3.05) is 0 Å². The number of hydrogen-bond donors (Lipinski definition) is 0. The van der Waals surface area contributed by atoms with Crippen LogP contribution in [0.3, 0.4) is 0 Å². The Morgan fingerprint density at radius 3 is 1.88 bits per heavy atom. The maximum absolute atomic E-state index is 2.42. The first-order valence-electron chi connectivity index (χ1n) is 9.29. The molecule has 0 fully saturated rings. The van der Waals surface area contributed by atoms with Crippen LogP contribution >= 0.6 is 0 Å². The summed E-state index contributed by atoms with van der Waals surface area (Å²) in [5.74, 6) is 0.709. The van der Waals surface area contributed by atoms with Gasteiger partial charge in [-0.3, -0.25) is 0 Å². The van der Waals surface area contributed by atoms with Gasteiger partial charge in [0.1, 0.15) is 0 Å². The summed E-state index contributed by atoms with van der Waals surface area (Å²) in [7, 11) is 0. The summed E-state index contributed by atoms with van der Waals surface area (Å²) in [6, 6.07) is 28.5. The third-order valence-electron chi connectivity index (χ3n) is 5.16. The van der Waals surface area contributed by atoms with Crippen molar-refractivity contribution in [3.05, 3.63) is 125 Å². The molecule has 0 amide bonds. The van der Waals surface area contributed by atoms with E-state index < -0.39 is 0 Å². The summed E-state index contributed by atoms with van der Waals surface area (Å²) in [6.45, 7) is 4.35. The van der Waals surface area contributed by atoms with Gasteiger partial charge in [0.2, 0.25) is 0 Å². The van der Waals surface area contributed by atoms with Gasteiger partial charge in [-0.2, -0.15) is 0 Å². The molecule has 0 radical (unpaired) electrons. The van der Waals surface area contributed by atoms with E-state index in [0.29, 0.717) is 11.8 Å². The second-order valence-corrected chi connectivity index (χ2v) is 7.23. The lowest BCUT2D eigenvalue weighted by molar-refractivity contribution is 0.692.